The van der Waals surface area contributed by atoms with Crippen LogP contribution >= 0.6 is 11.3 Å². The Morgan fingerprint density at radius 3 is 2.71 bits per heavy atom. The molecule has 0 aliphatic rings. The highest BCUT2D eigenvalue weighted by atomic mass is 32.1. The largest absolute Gasteiger partial charge is 0.383 e. The van der Waals surface area contributed by atoms with Gasteiger partial charge in [0.2, 0.25) is 0 Å². The smallest absolute Gasteiger partial charge is 0.0897 e. The van der Waals surface area contributed by atoms with E-state index in [9.17, 15) is 0 Å². The Morgan fingerprint density at radius 1 is 1.24 bits per heavy atom. The van der Waals surface area contributed by atoms with Crippen molar-refractivity contribution in [3.8, 4) is 0 Å². The van der Waals surface area contributed by atoms with Crippen molar-refractivity contribution in [1.29, 1.82) is 0 Å². The van der Waals surface area contributed by atoms with Crippen LogP contribution in [0, 0.1) is 12.8 Å². The van der Waals surface area contributed by atoms with Crippen molar-refractivity contribution < 1.29 is 4.74 Å². The van der Waals surface area contributed by atoms with E-state index in [4.69, 9.17) is 4.74 Å². The zero-order valence-corrected chi connectivity index (χ0v) is 13.7. The molecule has 21 heavy (non-hydrogen) atoms. The van der Waals surface area contributed by atoms with Crippen LogP contribution in [0.4, 0.5) is 0 Å². The molecule has 0 spiro atoms. The van der Waals surface area contributed by atoms with Gasteiger partial charge in [-0.25, -0.2) is 4.98 Å². The van der Waals surface area contributed by atoms with Crippen molar-refractivity contribution >= 4 is 11.3 Å². The van der Waals surface area contributed by atoms with Crippen molar-refractivity contribution in [3.63, 3.8) is 0 Å². The Labute approximate surface area is 131 Å². The zero-order chi connectivity index (χ0) is 14.9. The zero-order valence-electron chi connectivity index (χ0n) is 12.8. The van der Waals surface area contributed by atoms with Crippen molar-refractivity contribution in [3.05, 3.63) is 52.0 Å². The maximum absolute atomic E-state index is 5.09. The maximum Gasteiger partial charge on any atom is 0.0897 e. The molecular weight excluding hydrogens is 280 g/mol. The summed E-state index contributed by atoms with van der Waals surface area (Å²) in [6, 6.07) is 10.7. The van der Waals surface area contributed by atoms with E-state index >= 15 is 0 Å². The van der Waals surface area contributed by atoms with Crippen molar-refractivity contribution in [2.45, 2.75) is 19.8 Å². The fourth-order valence-corrected chi connectivity index (χ4v) is 3.07. The van der Waals surface area contributed by atoms with Crippen LogP contribution in [0.2, 0.25) is 0 Å². The average molecular weight is 304 g/mol. The van der Waals surface area contributed by atoms with Crippen LogP contribution in [0.3, 0.4) is 0 Å². The average Bonchev–Trinajstić information content (AvgIpc) is 2.90. The minimum atomic E-state index is 0.561. The molecule has 2 aromatic rings. The van der Waals surface area contributed by atoms with Crippen LogP contribution in [0.5, 0.6) is 0 Å². The summed E-state index contributed by atoms with van der Waals surface area (Å²) in [5, 5.41) is 6.82. The van der Waals surface area contributed by atoms with Gasteiger partial charge >= 0.3 is 0 Å². The Balaban J connectivity index is 1.92. The van der Waals surface area contributed by atoms with E-state index in [0.717, 1.165) is 37.5 Å². The van der Waals surface area contributed by atoms with Crippen LogP contribution in [0.15, 0.2) is 35.7 Å². The lowest BCUT2D eigenvalue weighted by atomic mass is 9.95. The summed E-state index contributed by atoms with van der Waals surface area (Å²) < 4.78 is 5.09. The van der Waals surface area contributed by atoms with Gasteiger partial charge < -0.3 is 10.1 Å². The molecule has 4 heteroatoms. The minimum absolute atomic E-state index is 0.561. The minimum Gasteiger partial charge on any atom is -0.383 e. The maximum atomic E-state index is 5.09. The molecule has 0 saturated carbocycles. The molecule has 0 aliphatic carbocycles. The topological polar surface area (TPSA) is 34.1 Å². The van der Waals surface area contributed by atoms with E-state index in [1.165, 1.54) is 11.3 Å². The SMILES string of the molecule is COCCNCC(Cc1ccccc1)Cc1csc(C)n1. The number of nitrogens with one attached hydrogen (secondary N) is 1. The Hall–Kier alpha value is -1.23. The first-order valence-electron chi connectivity index (χ1n) is 7.42. The molecule has 0 aliphatic heterocycles. The summed E-state index contributed by atoms with van der Waals surface area (Å²) in [7, 11) is 1.74. The molecule has 0 saturated heterocycles. The molecule has 1 atom stereocenters. The lowest BCUT2D eigenvalue weighted by molar-refractivity contribution is 0.197. The van der Waals surface area contributed by atoms with E-state index in [2.05, 4.69) is 52.9 Å². The Morgan fingerprint density at radius 2 is 2.05 bits per heavy atom. The standard InChI is InChI=1S/C17H24N2OS/c1-14-19-17(13-21-14)11-16(12-18-8-9-20-2)10-15-6-4-3-5-7-15/h3-7,13,16,18H,8-12H2,1-2H3. The van der Waals surface area contributed by atoms with E-state index in [-0.39, 0.29) is 0 Å². The molecule has 2 rings (SSSR count). The summed E-state index contributed by atoms with van der Waals surface area (Å²) in [6.07, 6.45) is 2.11. The first kappa shape index (κ1) is 16.1. The lowest BCUT2D eigenvalue weighted by Gasteiger charge is -2.17. The second-order valence-corrected chi connectivity index (χ2v) is 6.38. The Kier molecular flexibility index (Phi) is 6.86. The predicted octanol–water partition coefficient (Wildman–Crippen LogP) is 3.09. The first-order valence-corrected chi connectivity index (χ1v) is 8.30. The van der Waals surface area contributed by atoms with Gasteiger partial charge in [-0.2, -0.15) is 0 Å². The molecule has 0 amide bonds. The predicted molar refractivity (Wildman–Crippen MR) is 88.9 cm³/mol. The van der Waals surface area contributed by atoms with Crippen molar-refractivity contribution in [1.82, 2.24) is 10.3 Å². The number of aryl methyl sites for hydroxylation is 1. The molecule has 1 aromatic heterocycles. The monoisotopic (exact) mass is 304 g/mol. The third-order valence-electron chi connectivity index (χ3n) is 3.45. The molecule has 1 N–H and O–H groups in total. The molecular formula is C17H24N2OS. The number of hydrogen-bond acceptors (Lipinski definition) is 4. The molecule has 1 unspecified atom stereocenters. The molecule has 0 bridgehead atoms. The molecule has 1 heterocycles. The number of benzene rings is 1. The number of ether oxygens (including phenoxy) is 1. The summed E-state index contributed by atoms with van der Waals surface area (Å²) in [5.74, 6) is 0.561. The number of aromatic nitrogens is 1. The van der Waals surface area contributed by atoms with Gasteiger partial charge in [0.15, 0.2) is 0 Å². The van der Waals surface area contributed by atoms with Gasteiger partial charge in [-0.05, 0) is 37.8 Å². The summed E-state index contributed by atoms with van der Waals surface area (Å²) in [6.45, 7) is 4.72. The number of methoxy groups -OCH3 is 1. The van der Waals surface area contributed by atoms with E-state index in [1.54, 1.807) is 18.4 Å². The highest BCUT2D eigenvalue weighted by Crippen LogP contribution is 2.16. The number of rotatable bonds is 9. The Bertz CT molecular complexity index is 513. The van der Waals surface area contributed by atoms with Gasteiger partial charge in [0, 0.05) is 19.0 Å². The first-order chi connectivity index (χ1) is 10.3. The highest BCUT2D eigenvalue weighted by molar-refractivity contribution is 7.09. The van der Waals surface area contributed by atoms with E-state index < -0.39 is 0 Å². The molecule has 1 aromatic carbocycles. The van der Waals surface area contributed by atoms with Gasteiger partial charge in [-0.3, -0.25) is 0 Å². The third kappa shape index (κ3) is 5.96. The number of hydrogen-bond donors (Lipinski definition) is 1. The summed E-state index contributed by atoms with van der Waals surface area (Å²) >= 11 is 1.73. The summed E-state index contributed by atoms with van der Waals surface area (Å²) in [5.41, 5.74) is 2.61. The van der Waals surface area contributed by atoms with Crippen molar-refractivity contribution in [2.24, 2.45) is 5.92 Å². The molecule has 3 nitrogen and oxygen atoms in total. The second-order valence-electron chi connectivity index (χ2n) is 5.31. The molecule has 0 radical (unpaired) electrons. The second kappa shape index (κ2) is 8.93. The quantitative estimate of drug-likeness (QED) is 0.723. The van der Waals surface area contributed by atoms with Crippen LogP contribution in [0.25, 0.3) is 0 Å². The summed E-state index contributed by atoms with van der Waals surface area (Å²) in [4.78, 5) is 4.60. The molecule has 114 valence electrons. The third-order valence-corrected chi connectivity index (χ3v) is 4.27. The van der Waals surface area contributed by atoms with Crippen LogP contribution in [0.1, 0.15) is 16.3 Å². The molecule has 0 fully saturated rings. The van der Waals surface area contributed by atoms with E-state index in [1.807, 2.05) is 0 Å². The van der Waals surface area contributed by atoms with Gasteiger partial charge in [0.25, 0.3) is 0 Å². The van der Waals surface area contributed by atoms with Gasteiger partial charge in [-0.15, -0.1) is 11.3 Å². The normalized spacial score (nSPS) is 12.5. The van der Waals surface area contributed by atoms with Crippen LogP contribution < -0.4 is 5.32 Å². The van der Waals surface area contributed by atoms with Crippen LogP contribution in [-0.2, 0) is 17.6 Å². The highest BCUT2D eigenvalue weighted by Gasteiger charge is 2.12. The van der Waals surface area contributed by atoms with Crippen LogP contribution in [-0.4, -0.2) is 31.8 Å². The van der Waals surface area contributed by atoms with E-state index in [0.29, 0.717) is 5.92 Å². The van der Waals surface area contributed by atoms with Gasteiger partial charge in [0.05, 0.1) is 17.3 Å². The fourth-order valence-electron chi connectivity index (χ4n) is 2.44. The fraction of sp³-hybridized carbons (Fsp3) is 0.471. The number of nitrogens with zero attached hydrogens (tertiary/aromatic N) is 1. The van der Waals surface area contributed by atoms with Gasteiger partial charge in [0.1, 0.15) is 0 Å². The van der Waals surface area contributed by atoms with Crippen molar-refractivity contribution in [2.75, 3.05) is 26.8 Å². The lowest BCUT2D eigenvalue weighted by Crippen LogP contribution is -2.28. The number of thiazole rings is 1. The van der Waals surface area contributed by atoms with Gasteiger partial charge in [-0.1, -0.05) is 30.3 Å².